The number of rotatable bonds is 4. The number of hydrogen-bond donors (Lipinski definition) is 2. The van der Waals surface area contributed by atoms with Gasteiger partial charge in [0, 0.05) is 25.1 Å². The van der Waals surface area contributed by atoms with Crippen LogP contribution < -0.4 is 10.1 Å². The second-order valence-corrected chi connectivity index (χ2v) is 6.75. The Kier molecular flexibility index (Phi) is 4.18. The van der Waals surface area contributed by atoms with Gasteiger partial charge in [-0.25, -0.2) is 4.39 Å². The van der Waals surface area contributed by atoms with Gasteiger partial charge < -0.3 is 15.2 Å². The van der Waals surface area contributed by atoms with E-state index in [1.54, 1.807) is 12.1 Å². The number of hydrogen-bond acceptors (Lipinski definition) is 3. The second-order valence-electron chi connectivity index (χ2n) is 6.75. The van der Waals surface area contributed by atoms with Gasteiger partial charge in [0.15, 0.2) is 0 Å². The highest BCUT2D eigenvalue weighted by atomic mass is 19.1. The zero-order valence-electron chi connectivity index (χ0n) is 12.6. The molecule has 0 spiro atoms. The highest BCUT2D eigenvalue weighted by Gasteiger charge is 2.32. The highest BCUT2D eigenvalue weighted by molar-refractivity contribution is 5.37. The lowest BCUT2D eigenvalue weighted by Crippen LogP contribution is -2.46. The van der Waals surface area contributed by atoms with Crippen LogP contribution in [0.15, 0.2) is 18.2 Å². The number of fused-ring (bicyclic) bond motifs is 1. The zero-order chi connectivity index (χ0) is 14.9. The van der Waals surface area contributed by atoms with Crippen molar-refractivity contribution in [3.8, 4) is 5.75 Å². The van der Waals surface area contributed by atoms with Gasteiger partial charge in [-0.15, -0.1) is 0 Å². The fourth-order valence-electron chi connectivity index (χ4n) is 3.66. The summed E-state index contributed by atoms with van der Waals surface area (Å²) in [5, 5.41) is 13.9. The fraction of sp³-hybridized carbons (Fsp3) is 0.647. The van der Waals surface area contributed by atoms with Crippen molar-refractivity contribution in [3.05, 3.63) is 29.6 Å². The van der Waals surface area contributed by atoms with Crippen LogP contribution in [0, 0.1) is 11.7 Å². The molecule has 21 heavy (non-hydrogen) atoms. The van der Waals surface area contributed by atoms with E-state index in [9.17, 15) is 9.50 Å². The molecule has 1 aliphatic carbocycles. The van der Waals surface area contributed by atoms with Crippen molar-refractivity contribution >= 4 is 0 Å². The summed E-state index contributed by atoms with van der Waals surface area (Å²) in [5.74, 6) is 1.17. The minimum atomic E-state index is -0.574. The van der Waals surface area contributed by atoms with Crippen LogP contribution in [0.2, 0.25) is 0 Å². The van der Waals surface area contributed by atoms with Crippen LogP contribution in [-0.2, 0) is 6.42 Å². The topological polar surface area (TPSA) is 41.5 Å². The zero-order valence-corrected chi connectivity index (χ0v) is 12.6. The van der Waals surface area contributed by atoms with Crippen molar-refractivity contribution in [2.24, 2.45) is 5.92 Å². The summed E-state index contributed by atoms with van der Waals surface area (Å²) in [5.41, 5.74) is 0.363. The molecule has 116 valence electrons. The molecule has 1 aliphatic heterocycles. The van der Waals surface area contributed by atoms with Gasteiger partial charge in [0.25, 0.3) is 0 Å². The van der Waals surface area contributed by atoms with Gasteiger partial charge in [-0.2, -0.15) is 0 Å². The van der Waals surface area contributed by atoms with Gasteiger partial charge in [-0.1, -0.05) is 19.8 Å². The molecule has 0 bridgehead atoms. The molecule has 1 saturated carbocycles. The lowest BCUT2D eigenvalue weighted by molar-refractivity contribution is -0.0128. The molecule has 0 amide bonds. The smallest absolute Gasteiger partial charge is 0.123 e. The van der Waals surface area contributed by atoms with Gasteiger partial charge in [0.1, 0.15) is 17.7 Å². The van der Waals surface area contributed by atoms with Gasteiger partial charge in [-0.3, -0.25) is 0 Å². The Morgan fingerprint density at radius 1 is 1.48 bits per heavy atom. The third kappa shape index (κ3) is 3.55. The van der Waals surface area contributed by atoms with E-state index in [0.29, 0.717) is 19.0 Å². The van der Waals surface area contributed by atoms with Crippen LogP contribution in [0.5, 0.6) is 5.75 Å². The van der Waals surface area contributed by atoms with Gasteiger partial charge in [-0.05, 0) is 37.0 Å². The first-order chi connectivity index (χ1) is 10.0. The first-order valence-corrected chi connectivity index (χ1v) is 7.92. The summed E-state index contributed by atoms with van der Waals surface area (Å²) in [6.07, 6.45) is 4.83. The maximum atomic E-state index is 13.2. The number of halogens is 1. The summed E-state index contributed by atoms with van der Waals surface area (Å²) < 4.78 is 19.0. The molecule has 1 heterocycles. The van der Waals surface area contributed by atoms with E-state index >= 15 is 0 Å². The summed E-state index contributed by atoms with van der Waals surface area (Å²) >= 11 is 0. The summed E-state index contributed by atoms with van der Waals surface area (Å²) in [4.78, 5) is 0. The average Bonchev–Trinajstić information content (AvgIpc) is 2.79. The Hall–Kier alpha value is -1.13. The largest absolute Gasteiger partial charge is 0.488 e. The van der Waals surface area contributed by atoms with Crippen molar-refractivity contribution in [2.45, 2.75) is 50.7 Å². The molecule has 1 aromatic carbocycles. The number of aliphatic hydroxyl groups is 1. The van der Waals surface area contributed by atoms with Gasteiger partial charge in [0.05, 0.1) is 5.60 Å². The van der Waals surface area contributed by atoms with E-state index in [-0.39, 0.29) is 11.9 Å². The van der Waals surface area contributed by atoms with Crippen molar-refractivity contribution in [1.82, 2.24) is 5.32 Å². The number of benzene rings is 1. The molecule has 1 fully saturated rings. The van der Waals surface area contributed by atoms with Crippen LogP contribution in [0.1, 0.15) is 38.2 Å². The molecular weight excluding hydrogens is 269 g/mol. The average molecular weight is 293 g/mol. The molecule has 0 saturated heterocycles. The Balaban J connectivity index is 1.47. The van der Waals surface area contributed by atoms with Crippen molar-refractivity contribution < 1.29 is 14.2 Å². The molecule has 3 unspecified atom stereocenters. The van der Waals surface area contributed by atoms with E-state index in [1.165, 1.54) is 12.5 Å². The van der Waals surface area contributed by atoms with Crippen LogP contribution in [-0.4, -0.2) is 29.9 Å². The second kappa shape index (κ2) is 5.93. The lowest BCUT2D eigenvalue weighted by atomic mass is 9.79. The first-order valence-electron chi connectivity index (χ1n) is 7.92. The molecule has 4 heteroatoms. The van der Waals surface area contributed by atoms with Crippen molar-refractivity contribution in [2.75, 3.05) is 13.1 Å². The normalized spacial score (nSPS) is 31.8. The van der Waals surface area contributed by atoms with E-state index in [4.69, 9.17) is 4.74 Å². The third-order valence-electron chi connectivity index (χ3n) is 4.66. The number of nitrogens with one attached hydrogen (secondary N) is 1. The quantitative estimate of drug-likeness (QED) is 0.897. The SMILES string of the molecule is CC1CCCC(O)(CNCC2Cc3cc(F)ccc3O2)C1. The molecule has 3 atom stereocenters. The predicted molar refractivity (Wildman–Crippen MR) is 80.0 cm³/mol. The fourth-order valence-corrected chi connectivity index (χ4v) is 3.66. The monoisotopic (exact) mass is 293 g/mol. The van der Waals surface area contributed by atoms with Gasteiger partial charge in [0.2, 0.25) is 0 Å². The minimum absolute atomic E-state index is 0.0337. The van der Waals surface area contributed by atoms with Crippen LogP contribution in [0.4, 0.5) is 4.39 Å². The molecule has 2 aliphatic rings. The van der Waals surface area contributed by atoms with E-state index in [2.05, 4.69) is 12.2 Å². The van der Waals surface area contributed by atoms with Crippen LogP contribution in [0.25, 0.3) is 0 Å². The van der Waals surface area contributed by atoms with Crippen LogP contribution >= 0.6 is 0 Å². The van der Waals surface area contributed by atoms with Crippen molar-refractivity contribution in [1.29, 1.82) is 0 Å². The Morgan fingerprint density at radius 3 is 3.14 bits per heavy atom. The molecule has 3 nitrogen and oxygen atoms in total. The van der Waals surface area contributed by atoms with Crippen molar-refractivity contribution in [3.63, 3.8) is 0 Å². The van der Waals surface area contributed by atoms with Gasteiger partial charge >= 0.3 is 0 Å². The lowest BCUT2D eigenvalue weighted by Gasteiger charge is -2.36. The van der Waals surface area contributed by atoms with E-state index in [0.717, 1.165) is 37.0 Å². The Bertz CT molecular complexity index is 508. The summed E-state index contributed by atoms with van der Waals surface area (Å²) in [6.45, 7) is 3.50. The third-order valence-corrected chi connectivity index (χ3v) is 4.66. The maximum absolute atomic E-state index is 13.2. The Morgan fingerprint density at radius 2 is 2.33 bits per heavy atom. The Labute approximate surface area is 125 Å². The molecule has 2 N–H and O–H groups in total. The summed E-state index contributed by atoms with van der Waals surface area (Å²) in [6, 6.07) is 4.67. The summed E-state index contributed by atoms with van der Waals surface area (Å²) in [7, 11) is 0. The standard InChI is InChI=1S/C17H24FNO2/c1-12-3-2-6-17(20,9-12)11-19-10-15-8-13-7-14(18)4-5-16(13)21-15/h4-5,7,12,15,19-20H,2-3,6,8-11H2,1H3. The molecule has 1 aromatic rings. The predicted octanol–water partition coefficient (Wildman–Crippen LogP) is 2.66. The van der Waals surface area contributed by atoms with E-state index in [1.807, 2.05) is 0 Å². The molecule has 3 rings (SSSR count). The molecule has 0 radical (unpaired) electrons. The van der Waals surface area contributed by atoms with Crippen LogP contribution in [0.3, 0.4) is 0 Å². The molecular formula is C17H24FNO2. The van der Waals surface area contributed by atoms with E-state index < -0.39 is 5.60 Å². The highest BCUT2D eigenvalue weighted by Crippen LogP contribution is 2.32. The molecule has 0 aromatic heterocycles. The minimum Gasteiger partial charge on any atom is -0.488 e. The first kappa shape index (κ1) is 14.8. The number of ether oxygens (including phenoxy) is 1. The maximum Gasteiger partial charge on any atom is 0.123 e.